The summed E-state index contributed by atoms with van der Waals surface area (Å²) in [6.45, 7) is -0.100. The number of ether oxygens (including phenoxy) is 2. The Hall–Kier alpha value is -4.48. The van der Waals surface area contributed by atoms with E-state index < -0.39 is 46.6 Å². The van der Waals surface area contributed by atoms with Crippen molar-refractivity contribution in [1.82, 2.24) is 4.98 Å². The lowest BCUT2D eigenvalue weighted by atomic mass is 9.94. The van der Waals surface area contributed by atoms with E-state index in [0.717, 1.165) is 12.1 Å². The number of carboxylic acids is 2. The molecule has 0 bridgehead atoms. The van der Waals surface area contributed by atoms with Gasteiger partial charge in [0.25, 0.3) is 5.56 Å². The zero-order valence-corrected chi connectivity index (χ0v) is 16.5. The molecule has 9 nitrogen and oxygen atoms in total. The number of alkyl halides is 3. The number of benzene rings is 2. The standard InChI is InChI=1S/C21H15F3N2O7/c22-21(23,24)33-13-6-4-12(5-7-13)32-9-10-2-1-3-11(8-10)14-15(19(28)29)17(25)26-18(27)16(14)20(30)31/h1-8H,9H2,(H,28,29)(H,30,31)(H3,25,26,27). The number of nitrogen functional groups attached to an aromatic ring is 1. The molecule has 12 heteroatoms. The number of nitrogens with two attached hydrogens (primary N) is 1. The third-order valence-electron chi connectivity index (χ3n) is 4.35. The maximum atomic E-state index is 12.2. The van der Waals surface area contributed by atoms with Gasteiger partial charge in [0.1, 0.15) is 35.1 Å². The van der Waals surface area contributed by atoms with Gasteiger partial charge in [0.15, 0.2) is 0 Å². The first-order chi connectivity index (χ1) is 15.5. The number of hydrogen-bond acceptors (Lipinski definition) is 6. The van der Waals surface area contributed by atoms with E-state index >= 15 is 0 Å². The van der Waals surface area contributed by atoms with Gasteiger partial charge in [-0.2, -0.15) is 0 Å². The van der Waals surface area contributed by atoms with Gasteiger partial charge in [-0.25, -0.2) is 9.59 Å². The average molecular weight is 464 g/mol. The SMILES string of the molecule is Nc1[nH]c(=O)c(C(=O)O)c(-c2cccc(COc3ccc(OC(F)(F)F)cc3)c2)c1C(=O)O. The van der Waals surface area contributed by atoms with Gasteiger partial charge >= 0.3 is 18.3 Å². The highest BCUT2D eigenvalue weighted by Gasteiger charge is 2.31. The molecular weight excluding hydrogens is 449 g/mol. The average Bonchev–Trinajstić information content (AvgIpc) is 2.71. The third-order valence-corrected chi connectivity index (χ3v) is 4.35. The fraction of sp³-hybridized carbons (Fsp3) is 0.0952. The number of aromatic amines is 1. The Labute approximate surface area is 182 Å². The minimum atomic E-state index is -4.82. The smallest absolute Gasteiger partial charge is 0.489 e. The molecule has 0 aliphatic rings. The van der Waals surface area contributed by atoms with E-state index in [2.05, 4.69) is 4.74 Å². The summed E-state index contributed by atoms with van der Waals surface area (Å²) in [5.41, 5.74) is 3.36. The van der Waals surface area contributed by atoms with Crippen LogP contribution in [0.25, 0.3) is 11.1 Å². The second kappa shape index (κ2) is 8.94. The summed E-state index contributed by atoms with van der Waals surface area (Å²) in [7, 11) is 0. The summed E-state index contributed by atoms with van der Waals surface area (Å²) in [6.07, 6.45) is -4.82. The van der Waals surface area contributed by atoms with Crippen LogP contribution in [0, 0.1) is 0 Å². The number of aromatic carboxylic acids is 2. The molecule has 172 valence electrons. The number of H-pyrrole nitrogens is 1. The van der Waals surface area contributed by atoms with Gasteiger partial charge in [-0.15, -0.1) is 13.2 Å². The largest absolute Gasteiger partial charge is 0.573 e. The minimum Gasteiger partial charge on any atom is -0.489 e. The highest BCUT2D eigenvalue weighted by molar-refractivity contribution is 6.07. The predicted molar refractivity (Wildman–Crippen MR) is 108 cm³/mol. The van der Waals surface area contributed by atoms with Crippen molar-refractivity contribution in [2.75, 3.05) is 5.73 Å². The number of halogens is 3. The Kier molecular flexibility index (Phi) is 6.28. The first-order valence-corrected chi connectivity index (χ1v) is 9.06. The van der Waals surface area contributed by atoms with Crippen LogP contribution in [0.1, 0.15) is 26.3 Å². The normalized spacial score (nSPS) is 11.1. The second-order valence-corrected chi connectivity index (χ2v) is 6.61. The first kappa shape index (κ1) is 23.2. The summed E-state index contributed by atoms with van der Waals surface area (Å²) in [4.78, 5) is 37.5. The second-order valence-electron chi connectivity index (χ2n) is 6.61. The zero-order valence-electron chi connectivity index (χ0n) is 16.5. The highest BCUT2D eigenvalue weighted by atomic mass is 19.4. The molecule has 5 N–H and O–H groups in total. The Morgan fingerprint density at radius 3 is 2.15 bits per heavy atom. The molecule has 0 aliphatic heterocycles. The molecule has 0 radical (unpaired) electrons. The summed E-state index contributed by atoms with van der Waals surface area (Å²) in [6, 6.07) is 10.5. The Balaban J connectivity index is 1.92. The summed E-state index contributed by atoms with van der Waals surface area (Å²) < 4.78 is 46.0. The number of anilines is 1. The van der Waals surface area contributed by atoms with Gasteiger partial charge in [-0.05, 0) is 41.5 Å². The van der Waals surface area contributed by atoms with Crippen molar-refractivity contribution in [3.8, 4) is 22.6 Å². The van der Waals surface area contributed by atoms with Crippen LogP contribution in [0.5, 0.6) is 11.5 Å². The fourth-order valence-corrected chi connectivity index (χ4v) is 3.06. The lowest BCUT2D eigenvalue weighted by molar-refractivity contribution is -0.274. The number of hydrogen-bond donors (Lipinski definition) is 4. The topological polar surface area (TPSA) is 152 Å². The molecule has 1 aromatic heterocycles. The van der Waals surface area contributed by atoms with Crippen molar-refractivity contribution in [2.24, 2.45) is 0 Å². The minimum absolute atomic E-state index is 0.0950. The molecule has 3 aromatic rings. The van der Waals surface area contributed by atoms with E-state index in [1.165, 1.54) is 30.3 Å². The first-order valence-electron chi connectivity index (χ1n) is 9.06. The van der Waals surface area contributed by atoms with Crippen LogP contribution in [-0.2, 0) is 6.61 Å². The van der Waals surface area contributed by atoms with Crippen LogP contribution in [0.2, 0.25) is 0 Å². The van der Waals surface area contributed by atoms with Crippen LogP contribution < -0.4 is 20.8 Å². The number of carboxylic acid groups (broad SMARTS) is 2. The van der Waals surface area contributed by atoms with Crippen LogP contribution in [0.15, 0.2) is 53.3 Å². The van der Waals surface area contributed by atoms with Crippen LogP contribution in [0.3, 0.4) is 0 Å². The molecule has 2 aromatic carbocycles. The van der Waals surface area contributed by atoms with Gasteiger partial charge < -0.3 is 30.4 Å². The predicted octanol–water partition coefficient (Wildman–Crippen LogP) is 3.50. The van der Waals surface area contributed by atoms with Crippen molar-refractivity contribution in [2.45, 2.75) is 13.0 Å². The molecule has 3 rings (SSSR count). The Morgan fingerprint density at radius 1 is 0.970 bits per heavy atom. The third kappa shape index (κ3) is 5.42. The van der Waals surface area contributed by atoms with Gasteiger partial charge in [0, 0.05) is 5.56 Å². The summed E-state index contributed by atoms with van der Waals surface area (Å²) in [5.74, 6) is -3.89. The van der Waals surface area contributed by atoms with E-state index in [4.69, 9.17) is 10.5 Å². The van der Waals surface area contributed by atoms with E-state index in [0.29, 0.717) is 5.56 Å². The van der Waals surface area contributed by atoms with Crippen molar-refractivity contribution in [3.05, 3.63) is 75.6 Å². The number of nitrogens with one attached hydrogen (secondary N) is 1. The quantitative estimate of drug-likeness (QED) is 0.415. The van der Waals surface area contributed by atoms with Crippen LogP contribution in [-0.4, -0.2) is 33.5 Å². The number of pyridine rings is 1. The number of carbonyl (C=O) groups is 2. The molecule has 0 aliphatic carbocycles. The van der Waals surface area contributed by atoms with E-state index in [1.54, 1.807) is 6.07 Å². The molecule has 0 amide bonds. The molecule has 0 spiro atoms. The number of aromatic nitrogens is 1. The fourth-order valence-electron chi connectivity index (χ4n) is 3.06. The van der Waals surface area contributed by atoms with E-state index in [1.807, 2.05) is 4.98 Å². The maximum Gasteiger partial charge on any atom is 0.573 e. The highest BCUT2D eigenvalue weighted by Crippen LogP contribution is 2.30. The van der Waals surface area contributed by atoms with E-state index in [-0.39, 0.29) is 23.5 Å². The van der Waals surface area contributed by atoms with E-state index in [9.17, 15) is 37.8 Å². The molecule has 33 heavy (non-hydrogen) atoms. The van der Waals surface area contributed by atoms with Crippen molar-refractivity contribution >= 4 is 17.8 Å². The molecule has 0 atom stereocenters. The van der Waals surface area contributed by atoms with Crippen LogP contribution >= 0.6 is 0 Å². The van der Waals surface area contributed by atoms with Gasteiger partial charge in [0.05, 0.1) is 0 Å². The zero-order chi connectivity index (χ0) is 24.3. The van der Waals surface area contributed by atoms with Gasteiger partial charge in [-0.1, -0.05) is 18.2 Å². The lowest BCUT2D eigenvalue weighted by Gasteiger charge is -2.14. The Morgan fingerprint density at radius 2 is 1.58 bits per heavy atom. The molecule has 1 heterocycles. The monoisotopic (exact) mass is 464 g/mol. The molecule has 0 saturated carbocycles. The Bertz CT molecular complexity index is 1270. The lowest BCUT2D eigenvalue weighted by Crippen LogP contribution is -2.24. The molecule has 0 unspecified atom stereocenters. The molecule has 0 saturated heterocycles. The number of rotatable bonds is 7. The van der Waals surface area contributed by atoms with Gasteiger partial charge in [-0.3, -0.25) is 4.79 Å². The van der Waals surface area contributed by atoms with Crippen molar-refractivity contribution in [3.63, 3.8) is 0 Å². The molecule has 0 fully saturated rings. The van der Waals surface area contributed by atoms with Crippen LogP contribution in [0.4, 0.5) is 19.0 Å². The maximum absolute atomic E-state index is 12.2. The van der Waals surface area contributed by atoms with Crippen molar-refractivity contribution < 1.29 is 42.4 Å². The van der Waals surface area contributed by atoms with Crippen molar-refractivity contribution in [1.29, 1.82) is 0 Å². The summed E-state index contributed by atoms with van der Waals surface area (Å²) >= 11 is 0. The molecular formula is C21H15F3N2O7. The van der Waals surface area contributed by atoms with Gasteiger partial charge in [0.2, 0.25) is 0 Å². The summed E-state index contributed by atoms with van der Waals surface area (Å²) in [5, 5.41) is 19.0.